The van der Waals surface area contributed by atoms with Crippen molar-refractivity contribution >= 4 is 23.2 Å². The Kier molecular flexibility index (Phi) is 3.38. The van der Waals surface area contributed by atoms with E-state index in [9.17, 15) is 0 Å². The molecule has 2 heterocycles. The summed E-state index contributed by atoms with van der Waals surface area (Å²) in [6, 6.07) is 5.02. The van der Waals surface area contributed by atoms with E-state index in [4.69, 9.17) is 27.9 Å². The summed E-state index contributed by atoms with van der Waals surface area (Å²) in [5.41, 5.74) is 0.726. The van der Waals surface area contributed by atoms with Crippen LogP contribution in [0.2, 0.25) is 10.3 Å². The predicted octanol–water partition coefficient (Wildman–Crippen LogP) is 2.12. The molecule has 2 rings (SSSR count). The topological polar surface area (TPSA) is 52.8 Å². The number of nitrogens with zero attached hydrogens (tertiary/aromatic N) is 4. The van der Waals surface area contributed by atoms with Crippen LogP contribution in [0.1, 0.15) is 5.69 Å². The van der Waals surface area contributed by atoms with E-state index < -0.39 is 0 Å². The van der Waals surface area contributed by atoms with E-state index in [1.54, 1.807) is 25.3 Å². The molecule has 0 fully saturated rings. The second-order valence-corrected chi connectivity index (χ2v) is 3.79. The Bertz CT molecular complexity index is 483. The molecule has 0 radical (unpaired) electrons. The van der Waals surface area contributed by atoms with Gasteiger partial charge < -0.3 is 4.74 Å². The van der Waals surface area contributed by atoms with Crippen LogP contribution in [-0.4, -0.2) is 27.1 Å². The molecule has 0 atom stereocenters. The number of ether oxygens (including phenoxy) is 1. The molecule has 16 heavy (non-hydrogen) atoms. The maximum absolute atomic E-state index is 6.00. The summed E-state index contributed by atoms with van der Waals surface area (Å²) in [6.07, 6.45) is 0. The van der Waals surface area contributed by atoms with Crippen molar-refractivity contribution in [3.05, 3.63) is 34.2 Å². The lowest BCUT2D eigenvalue weighted by Crippen LogP contribution is -2.02. The Hall–Kier alpha value is -1.17. The van der Waals surface area contributed by atoms with Gasteiger partial charge in [-0.1, -0.05) is 23.2 Å². The van der Waals surface area contributed by atoms with Crippen LogP contribution in [0.25, 0.3) is 5.82 Å². The zero-order valence-corrected chi connectivity index (χ0v) is 9.90. The molecule has 0 saturated carbocycles. The van der Waals surface area contributed by atoms with Crippen LogP contribution >= 0.6 is 23.2 Å². The van der Waals surface area contributed by atoms with Gasteiger partial charge in [-0.25, -0.2) is 4.68 Å². The summed E-state index contributed by atoms with van der Waals surface area (Å²) in [4.78, 5) is 0. The fraction of sp³-hybridized carbons (Fsp3) is 0.222. The highest BCUT2D eigenvalue weighted by Crippen LogP contribution is 2.16. The number of rotatable bonds is 3. The fourth-order valence-electron chi connectivity index (χ4n) is 1.20. The second-order valence-electron chi connectivity index (χ2n) is 3.02. The highest BCUT2D eigenvalue weighted by molar-refractivity contribution is 6.30. The van der Waals surface area contributed by atoms with Crippen molar-refractivity contribution in [2.45, 2.75) is 6.61 Å². The van der Waals surface area contributed by atoms with Gasteiger partial charge >= 0.3 is 0 Å². The molecule has 5 nitrogen and oxygen atoms in total. The van der Waals surface area contributed by atoms with Gasteiger partial charge in [0.1, 0.15) is 5.15 Å². The number of hydrogen-bond acceptors (Lipinski definition) is 4. The standard InChI is InChI=1S/C9H8Cl2N4O/c1-16-5-6-4-8(11)15(14-6)9-3-2-7(10)12-13-9/h2-4H,5H2,1H3. The largest absolute Gasteiger partial charge is 0.378 e. The zero-order chi connectivity index (χ0) is 11.5. The molecule has 0 aliphatic rings. The van der Waals surface area contributed by atoms with Gasteiger partial charge in [-0.2, -0.15) is 5.10 Å². The van der Waals surface area contributed by atoms with Crippen molar-refractivity contribution < 1.29 is 4.74 Å². The number of hydrogen-bond donors (Lipinski definition) is 0. The molecule has 7 heteroatoms. The number of aromatic nitrogens is 4. The molecule has 2 aromatic heterocycles. The smallest absolute Gasteiger partial charge is 0.177 e. The van der Waals surface area contributed by atoms with Crippen molar-refractivity contribution in [2.75, 3.05) is 7.11 Å². The lowest BCUT2D eigenvalue weighted by molar-refractivity contribution is 0.181. The van der Waals surface area contributed by atoms with Gasteiger partial charge in [-0.05, 0) is 12.1 Å². The fourth-order valence-corrected chi connectivity index (χ4v) is 1.56. The molecule has 0 bridgehead atoms. The molecule has 84 valence electrons. The third-order valence-corrected chi connectivity index (χ3v) is 2.31. The normalized spacial score (nSPS) is 10.7. The first-order valence-electron chi connectivity index (χ1n) is 4.43. The number of methoxy groups -OCH3 is 1. The van der Waals surface area contributed by atoms with Crippen LogP contribution in [0, 0.1) is 0 Å². The van der Waals surface area contributed by atoms with Gasteiger partial charge in [0, 0.05) is 13.2 Å². The van der Waals surface area contributed by atoms with Crippen LogP contribution in [0.4, 0.5) is 0 Å². The van der Waals surface area contributed by atoms with Crippen LogP contribution in [-0.2, 0) is 11.3 Å². The predicted molar refractivity (Wildman–Crippen MR) is 59.9 cm³/mol. The first kappa shape index (κ1) is 11.3. The highest BCUT2D eigenvalue weighted by Gasteiger charge is 2.08. The van der Waals surface area contributed by atoms with Gasteiger partial charge in [0.15, 0.2) is 11.0 Å². The van der Waals surface area contributed by atoms with E-state index in [1.807, 2.05) is 0 Å². The van der Waals surface area contributed by atoms with Gasteiger partial charge in [-0.15, -0.1) is 10.2 Å². The third-order valence-electron chi connectivity index (χ3n) is 1.84. The Morgan fingerprint density at radius 3 is 2.75 bits per heavy atom. The average molecular weight is 259 g/mol. The second kappa shape index (κ2) is 4.78. The Morgan fingerprint density at radius 2 is 2.12 bits per heavy atom. The molecule has 0 N–H and O–H groups in total. The Morgan fingerprint density at radius 1 is 1.31 bits per heavy atom. The van der Waals surface area contributed by atoms with Crippen molar-refractivity contribution in [1.82, 2.24) is 20.0 Å². The maximum Gasteiger partial charge on any atom is 0.177 e. The molecular formula is C9H8Cl2N4O. The monoisotopic (exact) mass is 258 g/mol. The van der Waals surface area contributed by atoms with E-state index in [0.717, 1.165) is 5.69 Å². The third kappa shape index (κ3) is 2.32. The first-order valence-corrected chi connectivity index (χ1v) is 5.19. The molecule has 2 aromatic rings. The van der Waals surface area contributed by atoms with Crippen LogP contribution in [0.15, 0.2) is 18.2 Å². The van der Waals surface area contributed by atoms with E-state index in [0.29, 0.717) is 22.7 Å². The Labute approximate surface area is 102 Å². The van der Waals surface area contributed by atoms with Crippen molar-refractivity contribution in [1.29, 1.82) is 0 Å². The first-order chi connectivity index (χ1) is 7.70. The minimum atomic E-state index is 0.323. The molecule has 0 amide bonds. The molecule has 0 aliphatic carbocycles. The molecule has 0 saturated heterocycles. The van der Waals surface area contributed by atoms with Crippen molar-refractivity contribution in [3.63, 3.8) is 0 Å². The minimum Gasteiger partial charge on any atom is -0.378 e. The molecule has 0 aliphatic heterocycles. The highest BCUT2D eigenvalue weighted by atomic mass is 35.5. The van der Waals surface area contributed by atoms with E-state index in [2.05, 4.69) is 15.3 Å². The lowest BCUT2D eigenvalue weighted by Gasteiger charge is -2.00. The molecular weight excluding hydrogens is 251 g/mol. The maximum atomic E-state index is 6.00. The summed E-state index contributed by atoms with van der Waals surface area (Å²) in [7, 11) is 1.59. The average Bonchev–Trinajstić information content (AvgIpc) is 2.61. The van der Waals surface area contributed by atoms with Crippen LogP contribution in [0.3, 0.4) is 0 Å². The van der Waals surface area contributed by atoms with Crippen LogP contribution < -0.4 is 0 Å². The summed E-state index contributed by atoms with van der Waals surface area (Å²) >= 11 is 11.6. The summed E-state index contributed by atoms with van der Waals surface area (Å²) < 4.78 is 6.43. The number of halogens is 2. The lowest BCUT2D eigenvalue weighted by atomic mass is 10.5. The van der Waals surface area contributed by atoms with Gasteiger partial charge in [0.2, 0.25) is 0 Å². The van der Waals surface area contributed by atoms with E-state index in [-0.39, 0.29) is 0 Å². The zero-order valence-electron chi connectivity index (χ0n) is 8.39. The Balaban J connectivity index is 2.36. The van der Waals surface area contributed by atoms with E-state index >= 15 is 0 Å². The van der Waals surface area contributed by atoms with Gasteiger partial charge in [0.25, 0.3) is 0 Å². The molecule has 0 aromatic carbocycles. The van der Waals surface area contributed by atoms with Crippen LogP contribution in [0.5, 0.6) is 0 Å². The summed E-state index contributed by atoms with van der Waals surface area (Å²) in [6.45, 7) is 0.397. The summed E-state index contributed by atoms with van der Waals surface area (Å²) in [5, 5.41) is 12.6. The van der Waals surface area contributed by atoms with Crippen molar-refractivity contribution in [2.24, 2.45) is 0 Å². The molecule has 0 spiro atoms. The van der Waals surface area contributed by atoms with E-state index in [1.165, 1.54) is 4.68 Å². The quantitative estimate of drug-likeness (QED) is 0.847. The SMILES string of the molecule is COCc1cc(Cl)n(-c2ccc(Cl)nn2)n1. The van der Waals surface area contributed by atoms with Crippen molar-refractivity contribution in [3.8, 4) is 5.82 Å². The molecule has 0 unspecified atom stereocenters. The minimum absolute atomic E-state index is 0.323. The van der Waals surface area contributed by atoms with Gasteiger partial charge in [0.05, 0.1) is 12.3 Å². The van der Waals surface area contributed by atoms with Gasteiger partial charge in [-0.3, -0.25) is 0 Å². The summed E-state index contributed by atoms with van der Waals surface area (Å²) in [5.74, 6) is 0.511.